The van der Waals surface area contributed by atoms with E-state index in [4.69, 9.17) is 10.5 Å². The minimum Gasteiger partial charge on any atom is -0.380 e. The molecule has 0 aromatic heterocycles. The zero-order chi connectivity index (χ0) is 13.1. The first-order valence-corrected chi connectivity index (χ1v) is 6.69. The summed E-state index contributed by atoms with van der Waals surface area (Å²) in [5, 5.41) is 0. The second-order valence-electron chi connectivity index (χ2n) is 5.25. The Morgan fingerprint density at radius 1 is 1.44 bits per heavy atom. The number of rotatable bonds is 4. The second-order valence-corrected chi connectivity index (χ2v) is 5.25. The Morgan fingerprint density at radius 2 is 2.22 bits per heavy atom. The number of benzene rings is 1. The van der Waals surface area contributed by atoms with Crippen molar-refractivity contribution >= 4 is 0 Å². The zero-order valence-electron chi connectivity index (χ0n) is 11.6. The average Bonchev–Trinajstić information content (AvgIpc) is 2.83. The number of nitrogens with zero attached hydrogens (tertiary/aromatic N) is 1. The molecular weight excluding hydrogens is 224 g/mol. The molecule has 3 nitrogen and oxygen atoms in total. The van der Waals surface area contributed by atoms with E-state index in [-0.39, 0.29) is 0 Å². The summed E-state index contributed by atoms with van der Waals surface area (Å²) in [5.74, 6) is 0. The van der Waals surface area contributed by atoms with Crippen LogP contribution < -0.4 is 5.73 Å². The van der Waals surface area contributed by atoms with E-state index < -0.39 is 0 Å². The number of methoxy groups -OCH3 is 1. The molecule has 1 fully saturated rings. The normalized spacial score (nSPS) is 22.3. The molecule has 2 atom stereocenters. The zero-order valence-corrected chi connectivity index (χ0v) is 11.6. The van der Waals surface area contributed by atoms with Gasteiger partial charge in [0.2, 0.25) is 0 Å². The molecule has 0 amide bonds. The van der Waals surface area contributed by atoms with Crippen LogP contribution in [0.3, 0.4) is 0 Å². The van der Waals surface area contributed by atoms with Gasteiger partial charge >= 0.3 is 0 Å². The molecule has 1 saturated heterocycles. The highest BCUT2D eigenvalue weighted by molar-refractivity contribution is 5.33. The summed E-state index contributed by atoms with van der Waals surface area (Å²) >= 11 is 0. The number of nitrogens with two attached hydrogens (primary N) is 1. The van der Waals surface area contributed by atoms with Gasteiger partial charge < -0.3 is 10.5 Å². The summed E-state index contributed by atoms with van der Waals surface area (Å²) in [6, 6.07) is 6.95. The molecule has 0 saturated carbocycles. The highest BCUT2D eigenvalue weighted by atomic mass is 16.5. The van der Waals surface area contributed by atoms with Crippen molar-refractivity contribution in [2.75, 3.05) is 26.7 Å². The maximum atomic E-state index is 6.01. The van der Waals surface area contributed by atoms with Gasteiger partial charge in [0.15, 0.2) is 0 Å². The van der Waals surface area contributed by atoms with Gasteiger partial charge in [-0.2, -0.15) is 0 Å². The molecule has 1 heterocycles. The minimum absolute atomic E-state index is 0.324. The summed E-state index contributed by atoms with van der Waals surface area (Å²) in [4.78, 5) is 2.45. The van der Waals surface area contributed by atoms with Crippen molar-refractivity contribution in [2.45, 2.75) is 32.4 Å². The molecule has 2 N–H and O–H groups in total. The van der Waals surface area contributed by atoms with Gasteiger partial charge in [-0.1, -0.05) is 23.8 Å². The molecule has 1 aromatic carbocycles. The lowest BCUT2D eigenvalue weighted by molar-refractivity contribution is 0.101. The Kier molecular flexibility index (Phi) is 4.38. The van der Waals surface area contributed by atoms with E-state index in [1.807, 2.05) is 0 Å². The standard InChI is InChI=1S/C15H24N2O/c1-11-4-5-12(2)14(8-11)15(9-16)17-7-6-13(10-17)18-3/h4-5,8,13,15H,6-7,9-10,16H2,1-3H3. The van der Waals surface area contributed by atoms with E-state index in [2.05, 4.69) is 36.9 Å². The molecule has 0 bridgehead atoms. The molecule has 1 aromatic rings. The van der Waals surface area contributed by atoms with Crippen LogP contribution in [0.5, 0.6) is 0 Å². The maximum absolute atomic E-state index is 6.01. The molecule has 2 unspecified atom stereocenters. The molecule has 1 aliphatic heterocycles. The van der Waals surface area contributed by atoms with Crippen molar-refractivity contribution < 1.29 is 4.74 Å². The maximum Gasteiger partial charge on any atom is 0.0710 e. The monoisotopic (exact) mass is 248 g/mol. The lowest BCUT2D eigenvalue weighted by Gasteiger charge is -2.28. The van der Waals surface area contributed by atoms with Gasteiger partial charge in [0.1, 0.15) is 0 Å². The van der Waals surface area contributed by atoms with Crippen LogP contribution in [-0.2, 0) is 4.74 Å². The molecule has 3 heteroatoms. The Morgan fingerprint density at radius 3 is 2.83 bits per heavy atom. The van der Waals surface area contributed by atoms with Crippen molar-refractivity contribution in [2.24, 2.45) is 5.73 Å². The van der Waals surface area contributed by atoms with Gasteiger partial charge in [-0.25, -0.2) is 0 Å². The summed E-state index contributed by atoms with van der Waals surface area (Å²) in [5.41, 5.74) is 10.0. The number of aryl methyl sites for hydroxylation is 2. The number of ether oxygens (including phenoxy) is 1. The first-order chi connectivity index (χ1) is 8.65. The average molecular weight is 248 g/mol. The molecule has 0 spiro atoms. The summed E-state index contributed by atoms with van der Waals surface area (Å²) in [6.45, 7) is 7.04. The lowest BCUT2D eigenvalue weighted by atomic mass is 9.98. The van der Waals surface area contributed by atoms with Crippen molar-refractivity contribution in [3.63, 3.8) is 0 Å². The van der Waals surface area contributed by atoms with Crippen LogP contribution in [0.2, 0.25) is 0 Å². The van der Waals surface area contributed by atoms with Crippen LogP contribution in [0, 0.1) is 13.8 Å². The third-order valence-electron chi connectivity index (χ3n) is 3.97. The minimum atomic E-state index is 0.324. The van der Waals surface area contributed by atoms with E-state index >= 15 is 0 Å². The smallest absolute Gasteiger partial charge is 0.0710 e. The molecule has 2 rings (SSSR count). The van der Waals surface area contributed by atoms with Gasteiger partial charge in [0.05, 0.1) is 6.10 Å². The molecule has 100 valence electrons. The van der Waals surface area contributed by atoms with Crippen LogP contribution in [0.4, 0.5) is 0 Å². The third-order valence-corrected chi connectivity index (χ3v) is 3.97. The van der Waals surface area contributed by atoms with E-state index in [0.717, 1.165) is 19.5 Å². The van der Waals surface area contributed by atoms with Crippen LogP contribution in [0.1, 0.15) is 29.2 Å². The van der Waals surface area contributed by atoms with E-state index in [1.54, 1.807) is 7.11 Å². The van der Waals surface area contributed by atoms with Crippen molar-refractivity contribution in [3.8, 4) is 0 Å². The third kappa shape index (κ3) is 2.74. The van der Waals surface area contributed by atoms with E-state index in [0.29, 0.717) is 18.7 Å². The predicted molar refractivity (Wildman–Crippen MR) is 74.7 cm³/mol. The van der Waals surface area contributed by atoms with Gasteiger partial charge in [0, 0.05) is 32.8 Å². The highest BCUT2D eigenvalue weighted by Crippen LogP contribution is 2.28. The van der Waals surface area contributed by atoms with Crippen molar-refractivity contribution in [1.29, 1.82) is 0 Å². The summed E-state index contributed by atoms with van der Waals surface area (Å²) < 4.78 is 5.44. The number of hydrogen-bond donors (Lipinski definition) is 1. The van der Waals surface area contributed by atoms with Crippen LogP contribution in [0.15, 0.2) is 18.2 Å². The first-order valence-electron chi connectivity index (χ1n) is 6.69. The van der Waals surface area contributed by atoms with Crippen molar-refractivity contribution in [1.82, 2.24) is 4.90 Å². The summed E-state index contributed by atoms with van der Waals surface area (Å²) in [6.07, 6.45) is 1.47. The van der Waals surface area contributed by atoms with Gasteiger partial charge in [-0.15, -0.1) is 0 Å². The Labute approximate surface area is 110 Å². The van der Waals surface area contributed by atoms with Crippen molar-refractivity contribution in [3.05, 3.63) is 34.9 Å². The topological polar surface area (TPSA) is 38.5 Å². The number of likely N-dealkylation sites (tertiary alicyclic amines) is 1. The van der Waals surface area contributed by atoms with Gasteiger partial charge in [-0.3, -0.25) is 4.90 Å². The Hall–Kier alpha value is -0.900. The Balaban J connectivity index is 2.20. The predicted octanol–water partition coefficient (Wildman–Crippen LogP) is 2.02. The van der Waals surface area contributed by atoms with Gasteiger partial charge in [-0.05, 0) is 31.4 Å². The SMILES string of the molecule is COC1CCN(C(CN)c2cc(C)ccc2C)C1. The quantitative estimate of drug-likeness (QED) is 0.886. The van der Waals surface area contributed by atoms with Crippen LogP contribution in [-0.4, -0.2) is 37.7 Å². The highest BCUT2D eigenvalue weighted by Gasteiger charge is 2.28. The van der Waals surface area contributed by atoms with Crippen LogP contribution >= 0.6 is 0 Å². The fourth-order valence-corrected chi connectivity index (χ4v) is 2.82. The fourth-order valence-electron chi connectivity index (χ4n) is 2.82. The van der Waals surface area contributed by atoms with E-state index in [9.17, 15) is 0 Å². The molecule has 1 aliphatic rings. The van der Waals surface area contributed by atoms with Gasteiger partial charge in [0.25, 0.3) is 0 Å². The largest absolute Gasteiger partial charge is 0.380 e. The summed E-state index contributed by atoms with van der Waals surface area (Å²) in [7, 11) is 1.80. The Bertz CT molecular complexity index is 405. The van der Waals surface area contributed by atoms with Crippen LogP contribution in [0.25, 0.3) is 0 Å². The lowest BCUT2D eigenvalue weighted by Crippen LogP contribution is -2.33. The molecule has 18 heavy (non-hydrogen) atoms. The molecule has 0 radical (unpaired) electrons. The fraction of sp³-hybridized carbons (Fsp3) is 0.600. The molecular formula is C15H24N2O. The first kappa shape index (κ1) is 13.5. The number of hydrogen-bond acceptors (Lipinski definition) is 3. The molecule has 0 aliphatic carbocycles. The second kappa shape index (κ2) is 5.83. The van der Waals surface area contributed by atoms with E-state index in [1.165, 1.54) is 16.7 Å².